The third kappa shape index (κ3) is 9.38. The molecule has 3 N–H and O–H groups in total. The second kappa shape index (κ2) is 14.2. The third-order valence-corrected chi connectivity index (χ3v) is 5.19. The highest BCUT2D eigenvalue weighted by atomic mass is 32.2. The first-order chi connectivity index (χ1) is 13.5. The first-order valence-corrected chi connectivity index (χ1v) is 10.3. The fraction of sp³-hybridized carbons (Fsp3) is 0.765. The molecule has 0 bridgehead atoms. The number of amides is 4. The summed E-state index contributed by atoms with van der Waals surface area (Å²) in [4.78, 5) is 48.6. The number of rotatable bonds is 14. The summed E-state index contributed by atoms with van der Waals surface area (Å²) in [5.74, 6) is 0.0668. The number of carbonyl (C=O) groups excluding carboxylic acids is 4. The number of ether oxygens (including phenoxy) is 2. The molecule has 1 atom stereocenters. The molecule has 1 heterocycles. The average molecular weight is 419 g/mol. The summed E-state index contributed by atoms with van der Waals surface area (Å²) < 4.78 is 9.56. The Labute approximate surface area is 169 Å². The molecule has 1 aliphatic rings. The van der Waals surface area contributed by atoms with Crippen molar-refractivity contribution in [2.75, 3.05) is 59.3 Å². The Kier molecular flexibility index (Phi) is 12.3. The van der Waals surface area contributed by atoms with Crippen LogP contribution in [0.25, 0.3) is 0 Å². The Hall–Kier alpha value is -1.85. The van der Waals surface area contributed by atoms with Crippen LogP contribution in [0, 0.1) is 0 Å². The number of imide groups is 1. The number of hydrogen-bond donors (Lipinski definition) is 3. The maximum atomic E-state index is 12.3. The van der Waals surface area contributed by atoms with Crippen molar-refractivity contribution in [3.05, 3.63) is 0 Å². The van der Waals surface area contributed by atoms with Crippen molar-refractivity contribution in [3.8, 4) is 0 Å². The van der Waals surface area contributed by atoms with Crippen molar-refractivity contribution in [2.24, 2.45) is 0 Å². The molecule has 1 fully saturated rings. The van der Waals surface area contributed by atoms with Crippen molar-refractivity contribution in [1.29, 1.82) is 0 Å². The average Bonchev–Trinajstić information content (AvgIpc) is 2.94. The third-order valence-electron chi connectivity index (χ3n) is 3.89. The zero-order valence-electron chi connectivity index (χ0n) is 16.5. The molecule has 0 radical (unpaired) electrons. The number of nitrogens with one attached hydrogen (secondary N) is 3. The Morgan fingerprint density at radius 1 is 1.18 bits per heavy atom. The number of methoxy groups -OCH3 is 1. The van der Waals surface area contributed by atoms with Gasteiger partial charge in [-0.2, -0.15) is 0 Å². The van der Waals surface area contributed by atoms with Crippen molar-refractivity contribution in [3.63, 3.8) is 0 Å². The van der Waals surface area contributed by atoms with Gasteiger partial charge in [0.05, 0.1) is 11.9 Å². The first kappa shape index (κ1) is 24.2. The summed E-state index contributed by atoms with van der Waals surface area (Å²) >= 11 is 1.49. The quantitative estimate of drug-likeness (QED) is 0.251. The molecule has 10 nitrogen and oxygen atoms in total. The van der Waals surface area contributed by atoms with Gasteiger partial charge in [0.25, 0.3) is 0 Å². The fourth-order valence-electron chi connectivity index (χ4n) is 2.43. The van der Waals surface area contributed by atoms with Crippen LogP contribution >= 0.6 is 11.8 Å². The van der Waals surface area contributed by atoms with Gasteiger partial charge in [0, 0.05) is 39.6 Å². The monoisotopic (exact) mass is 418 g/mol. The van der Waals surface area contributed by atoms with Gasteiger partial charge in [0.1, 0.15) is 6.61 Å². The molecule has 0 aromatic carbocycles. The van der Waals surface area contributed by atoms with E-state index in [2.05, 4.69) is 16.0 Å². The Balaban J connectivity index is 2.17. The smallest absolute Gasteiger partial charge is 0.407 e. The zero-order valence-corrected chi connectivity index (χ0v) is 17.3. The van der Waals surface area contributed by atoms with Crippen molar-refractivity contribution in [2.45, 2.75) is 24.5 Å². The van der Waals surface area contributed by atoms with E-state index in [0.717, 1.165) is 18.7 Å². The molecule has 1 rings (SSSR count). The van der Waals surface area contributed by atoms with Crippen molar-refractivity contribution in [1.82, 2.24) is 20.9 Å². The van der Waals surface area contributed by atoms with Gasteiger partial charge in [-0.25, -0.2) is 4.79 Å². The molecule has 0 aliphatic carbocycles. The van der Waals surface area contributed by atoms with Crippen LogP contribution < -0.4 is 16.0 Å². The van der Waals surface area contributed by atoms with E-state index in [0.29, 0.717) is 6.61 Å². The molecule has 1 saturated heterocycles. The normalized spacial score (nSPS) is 16.4. The van der Waals surface area contributed by atoms with Gasteiger partial charge in [0.2, 0.25) is 17.7 Å². The number of thioether (sulfide) groups is 1. The predicted molar refractivity (Wildman–Crippen MR) is 105 cm³/mol. The highest BCUT2D eigenvalue weighted by Crippen LogP contribution is 2.25. The van der Waals surface area contributed by atoms with E-state index in [1.165, 1.54) is 23.8 Å². The van der Waals surface area contributed by atoms with E-state index in [1.54, 1.807) is 0 Å². The van der Waals surface area contributed by atoms with Gasteiger partial charge >= 0.3 is 6.09 Å². The molecule has 160 valence electrons. The summed E-state index contributed by atoms with van der Waals surface area (Å²) in [6, 6.07) is 0. The number of hydrogen-bond acceptors (Lipinski definition) is 8. The lowest BCUT2D eigenvalue weighted by Gasteiger charge is -2.15. The molecule has 1 unspecified atom stereocenters. The lowest BCUT2D eigenvalue weighted by molar-refractivity contribution is -0.138. The lowest BCUT2D eigenvalue weighted by Crippen LogP contribution is -2.38. The van der Waals surface area contributed by atoms with Gasteiger partial charge in [-0.1, -0.05) is 0 Å². The van der Waals surface area contributed by atoms with Crippen LogP contribution in [0.4, 0.5) is 4.79 Å². The lowest BCUT2D eigenvalue weighted by atomic mass is 10.3. The van der Waals surface area contributed by atoms with E-state index in [1.807, 2.05) is 7.05 Å². The van der Waals surface area contributed by atoms with E-state index in [-0.39, 0.29) is 62.1 Å². The minimum Gasteiger partial charge on any atom is -0.447 e. The summed E-state index contributed by atoms with van der Waals surface area (Å²) in [7, 11) is 3.37. The van der Waals surface area contributed by atoms with Crippen LogP contribution in [0.15, 0.2) is 0 Å². The van der Waals surface area contributed by atoms with Gasteiger partial charge < -0.3 is 25.4 Å². The second-order valence-corrected chi connectivity index (χ2v) is 7.37. The molecule has 28 heavy (non-hydrogen) atoms. The zero-order chi connectivity index (χ0) is 20.8. The van der Waals surface area contributed by atoms with Gasteiger partial charge in [-0.15, -0.1) is 11.8 Å². The fourth-order valence-corrected chi connectivity index (χ4v) is 3.56. The topological polar surface area (TPSA) is 126 Å². The molecule has 0 aromatic rings. The number of likely N-dealkylation sites (tertiary alicyclic amines) is 1. The van der Waals surface area contributed by atoms with Crippen molar-refractivity contribution >= 4 is 35.6 Å². The molecule has 11 heteroatoms. The molecule has 0 saturated carbocycles. The SMILES string of the molecule is CNCCCSC1CC(=O)N(CCC(=O)NCCNC(=O)OCCOC)C1=O. The molecular formula is C17H30N4O6S. The minimum absolute atomic E-state index is 0.0346. The summed E-state index contributed by atoms with van der Waals surface area (Å²) in [6.45, 7) is 1.85. The molecule has 0 spiro atoms. The largest absolute Gasteiger partial charge is 0.447 e. The standard InChI is InChI=1S/C17H30N4O6S/c1-18-5-3-11-28-13-12-15(23)21(16(13)24)8-4-14(22)19-6-7-20-17(25)27-10-9-26-2/h13,18H,3-12H2,1-2H3,(H,19,22)(H,20,25). The Morgan fingerprint density at radius 2 is 1.93 bits per heavy atom. The van der Waals surface area contributed by atoms with E-state index < -0.39 is 6.09 Å². The highest BCUT2D eigenvalue weighted by Gasteiger charge is 2.38. The Morgan fingerprint density at radius 3 is 2.64 bits per heavy atom. The van der Waals surface area contributed by atoms with Crippen LogP contribution in [-0.4, -0.2) is 93.3 Å². The predicted octanol–water partition coefficient (Wildman–Crippen LogP) is -0.664. The second-order valence-electron chi connectivity index (χ2n) is 6.06. The van der Waals surface area contributed by atoms with Crippen LogP contribution in [0.5, 0.6) is 0 Å². The minimum atomic E-state index is -0.585. The van der Waals surface area contributed by atoms with E-state index in [9.17, 15) is 19.2 Å². The molecule has 0 aromatic heterocycles. The summed E-state index contributed by atoms with van der Waals surface area (Å²) in [5.41, 5.74) is 0. The van der Waals surface area contributed by atoms with Crippen molar-refractivity contribution < 1.29 is 28.7 Å². The van der Waals surface area contributed by atoms with Crippen LogP contribution in [-0.2, 0) is 23.9 Å². The van der Waals surface area contributed by atoms with Gasteiger partial charge in [0.15, 0.2) is 0 Å². The highest BCUT2D eigenvalue weighted by molar-refractivity contribution is 8.00. The Bertz CT molecular complexity index is 534. The van der Waals surface area contributed by atoms with E-state index in [4.69, 9.17) is 9.47 Å². The maximum absolute atomic E-state index is 12.3. The van der Waals surface area contributed by atoms with Crippen LogP contribution in [0.1, 0.15) is 19.3 Å². The number of alkyl carbamates (subject to hydrolysis) is 1. The van der Waals surface area contributed by atoms with E-state index >= 15 is 0 Å². The number of nitrogens with zero attached hydrogens (tertiary/aromatic N) is 1. The van der Waals surface area contributed by atoms with Crippen LogP contribution in [0.2, 0.25) is 0 Å². The maximum Gasteiger partial charge on any atom is 0.407 e. The number of carbonyl (C=O) groups is 4. The summed E-state index contributed by atoms with van der Waals surface area (Å²) in [5, 5.41) is 7.80. The molecular weight excluding hydrogens is 388 g/mol. The first-order valence-electron chi connectivity index (χ1n) is 9.26. The molecule has 1 aliphatic heterocycles. The van der Waals surface area contributed by atoms with Gasteiger partial charge in [-0.05, 0) is 25.8 Å². The summed E-state index contributed by atoms with van der Waals surface area (Å²) in [6.07, 6.45) is 0.570. The van der Waals surface area contributed by atoms with Crippen LogP contribution in [0.3, 0.4) is 0 Å². The van der Waals surface area contributed by atoms with Gasteiger partial charge in [-0.3, -0.25) is 19.3 Å². The molecule has 4 amide bonds.